The van der Waals surface area contributed by atoms with Crippen LogP contribution in [0.3, 0.4) is 0 Å². The molecular weight excluding hydrogens is 342 g/mol. The van der Waals surface area contributed by atoms with E-state index >= 15 is 0 Å². The Morgan fingerprint density at radius 2 is 1.85 bits per heavy atom. The third-order valence-corrected chi connectivity index (χ3v) is 4.16. The lowest BCUT2D eigenvalue weighted by molar-refractivity contribution is 0.0993. The average molecular weight is 355 g/mol. The predicted molar refractivity (Wildman–Crippen MR) is 84.9 cm³/mol. The lowest BCUT2D eigenvalue weighted by atomic mass is 10.2. The van der Waals surface area contributed by atoms with Gasteiger partial charge < -0.3 is 9.64 Å². The molecular formula is C15H13BrClNO2. The van der Waals surface area contributed by atoms with E-state index in [9.17, 15) is 4.79 Å². The van der Waals surface area contributed by atoms with Gasteiger partial charge in [0.1, 0.15) is 5.75 Å². The Labute approximate surface area is 131 Å². The van der Waals surface area contributed by atoms with Gasteiger partial charge in [-0.25, -0.2) is 0 Å². The molecule has 3 nitrogen and oxygen atoms in total. The summed E-state index contributed by atoms with van der Waals surface area (Å²) in [4.78, 5) is 14.0. The molecule has 2 aromatic rings. The van der Waals surface area contributed by atoms with Crippen molar-refractivity contribution in [3.63, 3.8) is 0 Å². The molecule has 0 saturated carbocycles. The topological polar surface area (TPSA) is 29.5 Å². The van der Waals surface area contributed by atoms with Crippen LogP contribution in [0.25, 0.3) is 0 Å². The number of benzene rings is 2. The van der Waals surface area contributed by atoms with Crippen LogP contribution >= 0.6 is 27.5 Å². The number of methoxy groups -OCH3 is 1. The maximum Gasteiger partial charge on any atom is 0.258 e. The first-order valence-corrected chi connectivity index (χ1v) is 7.07. The van der Waals surface area contributed by atoms with E-state index in [-0.39, 0.29) is 5.91 Å². The zero-order valence-electron chi connectivity index (χ0n) is 11.1. The van der Waals surface area contributed by atoms with Crippen molar-refractivity contribution in [3.8, 4) is 5.75 Å². The highest BCUT2D eigenvalue weighted by molar-refractivity contribution is 9.10. The fourth-order valence-corrected chi connectivity index (χ4v) is 2.17. The van der Waals surface area contributed by atoms with E-state index in [1.807, 2.05) is 24.3 Å². The van der Waals surface area contributed by atoms with Crippen molar-refractivity contribution in [2.45, 2.75) is 0 Å². The molecule has 0 saturated heterocycles. The fraction of sp³-hybridized carbons (Fsp3) is 0.133. The van der Waals surface area contributed by atoms with E-state index in [1.54, 1.807) is 37.3 Å². The second-order valence-corrected chi connectivity index (χ2v) is 5.45. The number of carbonyl (C=O) groups excluding carboxylic acids is 1. The molecule has 104 valence electrons. The molecule has 0 spiro atoms. The molecule has 0 bridgehead atoms. The van der Waals surface area contributed by atoms with E-state index in [4.69, 9.17) is 16.3 Å². The normalized spacial score (nSPS) is 10.2. The third kappa shape index (κ3) is 3.14. The van der Waals surface area contributed by atoms with Crippen LogP contribution in [0.2, 0.25) is 5.02 Å². The van der Waals surface area contributed by atoms with Crippen LogP contribution in [0.15, 0.2) is 46.9 Å². The van der Waals surface area contributed by atoms with Gasteiger partial charge in [-0.15, -0.1) is 0 Å². The van der Waals surface area contributed by atoms with Gasteiger partial charge in [0.15, 0.2) is 0 Å². The second-order valence-electron chi connectivity index (χ2n) is 4.19. The van der Waals surface area contributed by atoms with Crippen molar-refractivity contribution < 1.29 is 9.53 Å². The molecule has 0 heterocycles. The smallest absolute Gasteiger partial charge is 0.258 e. The maximum absolute atomic E-state index is 12.4. The Morgan fingerprint density at radius 1 is 1.20 bits per heavy atom. The molecule has 0 atom stereocenters. The molecule has 0 N–H and O–H groups in total. The molecule has 0 aliphatic carbocycles. The zero-order chi connectivity index (χ0) is 14.7. The number of nitrogens with zero attached hydrogens (tertiary/aromatic N) is 1. The van der Waals surface area contributed by atoms with E-state index in [2.05, 4.69) is 15.9 Å². The zero-order valence-corrected chi connectivity index (χ0v) is 13.4. The van der Waals surface area contributed by atoms with E-state index < -0.39 is 0 Å². The largest absolute Gasteiger partial charge is 0.497 e. The summed E-state index contributed by atoms with van der Waals surface area (Å²) in [6.07, 6.45) is 0. The van der Waals surface area contributed by atoms with Gasteiger partial charge in [-0.3, -0.25) is 4.79 Å². The van der Waals surface area contributed by atoms with Crippen LogP contribution in [0.5, 0.6) is 5.75 Å². The molecule has 0 radical (unpaired) electrons. The summed E-state index contributed by atoms with van der Waals surface area (Å²) in [7, 11) is 3.33. The second kappa shape index (κ2) is 6.29. The van der Waals surface area contributed by atoms with Crippen molar-refractivity contribution in [1.82, 2.24) is 0 Å². The standard InChI is InChI=1S/C15H13BrClNO2/c1-18(11-4-6-12(20-2)7-5-11)15(19)10-3-8-13(16)14(17)9-10/h3-9H,1-2H3. The quantitative estimate of drug-likeness (QED) is 0.818. The molecule has 0 aromatic heterocycles. The van der Waals surface area contributed by atoms with Crippen molar-refractivity contribution in [2.24, 2.45) is 0 Å². The van der Waals surface area contributed by atoms with Crippen molar-refractivity contribution in [1.29, 1.82) is 0 Å². The summed E-state index contributed by atoms with van der Waals surface area (Å²) >= 11 is 9.32. The molecule has 0 unspecified atom stereocenters. The highest BCUT2D eigenvalue weighted by Gasteiger charge is 2.14. The van der Waals surface area contributed by atoms with Gasteiger partial charge in [0.05, 0.1) is 12.1 Å². The summed E-state index contributed by atoms with van der Waals surface area (Å²) in [6, 6.07) is 12.4. The molecule has 1 amide bonds. The van der Waals surface area contributed by atoms with Crippen molar-refractivity contribution in [2.75, 3.05) is 19.1 Å². The Kier molecular flexibility index (Phi) is 4.68. The Balaban J connectivity index is 2.24. The third-order valence-electron chi connectivity index (χ3n) is 2.93. The SMILES string of the molecule is COc1ccc(N(C)C(=O)c2ccc(Br)c(Cl)c2)cc1. The number of carbonyl (C=O) groups is 1. The number of hydrogen-bond acceptors (Lipinski definition) is 2. The van der Waals surface area contributed by atoms with Gasteiger partial charge in [-0.1, -0.05) is 11.6 Å². The number of hydrogen-bond donors (Lipinski definition) is 0. The number of amides is 1. The maximum atomic E-state index is 12.4. The van der Waals surface area contributed by atoms with E-state index in [1.165, 1.54) is 0 Å². The number of halogens is 2. The molecule has 2 rings (SSSR count). The van der Waals surface area contributed by atoms with Crippen LogP contribution in [0.1, 0.15) is 10.4 Å². The van der Waals surface area contributed by atoms with Crippen LogP contribution in [-0.2, 0) is 0 Å². The Bertz CT molecular complexity index is 628. The van der Waals surface area contributed by atoms with Gasteiger partial charge in [-0.2, -0.15) is 0 Å². The van der Waals surface area contributed by atoms with Crippen LogP contribution in [0.4, 0.5) is 5.69 Å². The van der Waals surface area contributed by atoms with Crippen molar-refractivity contribution >= 4 is 39.1 Å². The van der Waals surface area contributed by atoms with E-state index in [0.29, 0.717) is 10.6 Å². The van der Waals surface area contributed by atoms with Gasteiger partial charge >= 0.3 is 0 Å². The Hall–Kier alpha value is -1.52. The summed E-state index contributed by atoms with van der Waals surface area (Å²) in [5.41, 5.74) is 1.33. The van der Waals surface area contributed by atoms with Gasteiger partial charge in [-0.05, 0) is 58.4 Å². The monoisotopic (exact) mass is 353 g/mol. The molecule has 0 aliphatic rings. The summed E-state index contributed by atoms with van der Waals surface area (Å²) in [6.45, 7) is 0. The highest BCUT2D eigenvalue weighted by Crippen LogP contribution is 2.25. The molecule has 0 aliphatic heterocycles. The van der Waals surface area contributed by atoms with Crippen LogP contribution in [-0.4, -0.2) is 20.1 Å². The number of ether oxygens (including phenoxy) is 1. The number of rotatable bonds is 3. The summed E-state index contributed by atoms with van der Waals surface area (Å²) in [5, 5.41) is 0.513. The summed E-state index contributed by atoms with van der Waals surface area (Å²) in [5.74, 6) is 0.630. The Morgan fingerprint density at radius 3 is 2.40 bits per heavy atom. The molecule has 20 heavy (non-hydrogen) atoms. The summed E-state index contributed by atoms with van der Waals surface area (Å²) < 4.78 is 5.86. The van der Waals surface area contributed by atoms with Gasteiger partial charge in [0.2, 0.25) is 0 Å². The molecule has 5 heteroatoms. The van der Waals surface area contributed by atoms with Crippen LogP contribution < -0.4 is 9.64 Å². The minimum absolute atomic E-state index is 0.121. The van der Waals surface area contributed by atoms with Gasteiger partial charge in [0, 0.05) is 22.8 Å². The minimum Gasteiger partial charge on any atom is -0.497 e. The minimum atomic E-state index is -0.121. The predicted octanol–water partition coefficient (Wildman–Crippen LogP) is 4.39. The van der Waals surface area contributed by atoms with Crippen LogP contribution in [0, 0.1) is 0 Å². The van der Waals surface area contributed by atoms with E-state index in [0.717, 1.165) is 15.9 Å². The average Bonchev–Trinajstić information content (AvgIpc) is 2.48. The first-order chi connectivity index (χ1) is 9.52. The lowest BCUT2D eigenvalue weighted by Crippen LogP contribution is -2.26. The first-order valence-electron chi connectivity index (χ1n) is 5.90. The highest BCUT2D eigenvalue weighted by atomic mass is 79.9. The lowest BCUT2D eigenvalue weighted by Gasteiger charge is -2.18. The molecule has 2 aromatic carbocycles. The van der Waals surface area contributed by atoms with Crippen molar-refractivity contribution in [3.05, 3.63) is 57.5 Å². The first kappa shape index (κ1) is 14.9. The fourth-order valence-electron chi connectivity index (χ4n) is 1.75. The molecule has 0 fully saturated rings. The number of anilines is 1. The van der Waals surface area contributed by atoms with Gasteiger partial charge in [0.25, 0.3) is 5.91 Å².